The van der Waals surface area contributed by atoms with Crippen LogP contribution in [0.25, 0.3) is 11.1 Å². The quantitative estimate of drug-likeness (QED) is 0.886. The van der Waals surface area contributed by atoms with Crippen molar-refractivity contribution < 1.29 is 23.1 Å². The molecule has 0 heterocycles. The standard InChI is InChI=1S/C15H11F3O2/c1-9-6-7-10(14(19)20)8-12(9)11-4-2-3-5-13(11)15(16,17)18/h2-8H,1H3,(H,19,20). The van der Waals surface area contributed by atoms with Crippen molar-refractivity contribution >= 4 is 5.97 Å². The molecule has 0 saturated carbocycles. The fraction of sp³-hybridized carbons (Fsp3) is 0.133. The smallest absolute Gasteiger partial charge is 0.417 e. The molecule has 0 aromatic heterocycles. The number of aryl methyl sites for hydroxylation is 1. The SMILES string of the molecule is Cc1ccc(C(=O)O)cc1-c1ccccc1C(F)(F)F. The van der Waals surface area contributed by atoms with Crippen LogP contribution in [0.1, 0.15) is 21.5 Å². The van der Waals surface area contributed by atoms with Gasteiger partial charge in [0.15, 0.2) is 0 Å². The number of alkyl halides is 3. The summed E-state index contributed by atoms with van der Waals surface area (Å²) < 4.78 is 39.0. The molecule has 2 aromatic carbocycles. The number of benzene rings is 2. The Labute approximate surface area is 113 Å². The molecule has 0 radical (unpaired) electrons. The maximum absolute atomic E-state index is 13.0. The van der Waals surface area contributed by atoms with Crippen LogP contribution in [0, 0.1) is 6.92 Å². The Morgan fingerprint density at radius 1 is 1.05 bits per heavy atom. The zero-order valence-electron chi connectivity index (χ0n) is 10.5. The van der Waals surface area contributed by atoms with Crippen molar-refractivity contribution in [3.63, 3.8) is 0 Å². The number of carboxylic acid groups (broad SMARTS) is 1. The Hall–Kier alpha value is -2.30. The molecular weight excluding hydrogens is 269 g/mol. The third-order valence-electron chi connectivity index (χ3n) is 3.01. The van der Waals surface area contributed by atoms with Gasteiger partial charge in [-0.25, -0.2) is 4.79 Å². The van der Waals surface area contributed by atoms with Gasteiger partial charge in [-0.2, -0.15) is 13.2 Å². The van der Waals surface area contributed by atoms with Crippen LogP contribution in [0.4, 0.5) is 13.2 Å². The van der Waals surface area contributed by atoms with Crippen LogP contribution in [0.2, 0.25) is 0 Å². The lowest BCUT2D eigenvalue weighted by atomic mass is 9.94. The molecule has 0 bridgehead atoms. The first-order chi connectivity index (χ1) is 9.30. The average Bonchev–Trinajstić information content (AvgIpc) is 2.38. The number of halogens is 3. The number of carbonyl (C=O) groups is 1. The minimum atomic E-state index is -4.48. The maximum atomic E-state index is 13.0. The summed E-state index contributed by atoms with van der Waals surface area (Å²) in [5, 5.41) is 8.95. The Balaban J connectivity index is 2.69. The number of hydrogen-bond acceptors (Lipinski definition) is 1. The molecule has 104 valence electrons. The van der Waals surface area contributed by atoms with E-state index in [4.69, 9.17) is 5.11 Å². The van der Waals surface area contributed by atoms with Gasteiger partial charge in [0, 0.05) is 0 Å². The third-order valence-corrected chi connectivity index (χ3v) is 3.01. The van der Waals surface area contributed by atoms with Crippen molar-refractivity contribution in [2.24, 2.45) is 0 Å². The Kier molecular flexibility index (Phi) is 3.53. The van der Waals surface area contributed by atoms with Gasteiger partial charge in [-0.3, -0.25) is 0 Å². The average molecular weight is 280 g/mol. The Morgan fingerprint density at radius 2 is 1.70 bits per heavy atom. The molecule has 0 unspecified atom stereocenters. The van der Waals surface area contributed by atoms with E-state index in [2.05, 4.69) is 0 Å². The lowest BCUT2D eigenvalue weighted by Crippen LogP contribution is -2.07. The van der Waals surface area contributed by atoms with Crippen molar-refractivity contribution in [2.75, 3.05) is 0 Å². The lowest BCUT2D eigenvalue weighted by Gasteiger charge is -2.15. The second-order valence-electron chi connectivity index (χ2n) is 4.38. The van der Waals surface area contributed by atoms with E-state index in [0.717, 1.165) is 6.07 Å². The topological polar surface area (TPSA) is 37.3 Å². The van der Waals surface area contributed by atoms with Gasteiger partial charge in [-0.1, -0.05) is 24.3 Å². The van der Waals surface area contributed by atoms with Crippen LogP contribution in [0.15, 0.2) is 42.5 Å². The van der Waals surface area contributed by atoms with Crippen molar-refractivity contribution in [1.82, 2.24) is 0 Å². The van der Waals surface area contributed by atoms with Crippen LogP contribution in [0.5, 0.6) is 0 Å². The lowest BCUT2D eigenvalue weighted by molar-refractivity contribution is -0.137. The minimum Gasteiger partial charge on any atom is -0.478 e. The van der Waals surface area contributed by atoms with E-state index >= 15 is 0 Å². The highest BCUT2D eigenvalue weighted by molar-refractivity contribution is 5.90. The van der Waals surface area contributed by atoms with Crippen LogP contribution >= 0.6 is 0 Å². The molecule has 20 heavy (non-hydrogen) atoms. The number of rotatable bonds is 2. The van der Waals surface area contributed by atoms with Gasteiger partial charge >= 0.3 is 12.1 Å². The molecular formula is C15H11F3O2. The summed E-state index contributed by atoms with van der Waals surface area (Å²) in [4.78, 5) is 11.0. The fourth-order valence-corrected chi connectivity index (χ4v) is 2.01. The third kappa shape index (κ3) is 2.66. The summed E-state index contributed by atoms with van der Waals surface area (Å²) in [6.07, 6.45) is -4.48. The van der Waals surface area contributed by atoms with Crippen LogP contribution in [0.3, 0.4) is 0 Å². The van der Waals surface area contributed by atoms with E-state index in [1.807, 2.05) is 0 Å². The summed E-state index contributed by atoms with van der Waals surface area (Å²) in [5.41, 5.74) is 0.0401. The first kappa shape index (κ1) is 14.1. The molecule has 0 aliphatic rings. The predicted molar refractivity (Wildman–Crippen MR) is 68.6 cm³/mol. The first-order valence-electron chi connectivity index (χ1n) is 5.81. The molecule has 0 fully saturated rings. The molecule has 2 nitrogen and oxygen atoms in total. The van der Waals surface area contributed by atoms with Gasteiger partial charge < -0.3 is 5.11 Å². The zero-order chi connectivity index (χ0) is 14.9. The molecule has 2 aromatic rings. The molecule has 5 heteroatoms. The Morgan fingerprint density at radius 3 is 2.30 bits per heavy atom. The predicted octanol–water partition coefficient (Wildman–Crippen LogP) is 4.38. The van der Waals surface area contributed by atoms with Gasteiger partial charge in [0.25, 0.3) is 0 Å². The van der Waals surface area contributed by atoms with E-state index in [9.17, 15) is 18.0 Å². The molecule has 0 spiro atoms. The zero-order valence-corrected chi connectivity index (χ0v) is 10.5. The van der Waals surface area contributed by atoms with Gasteiger partial charge in [-0.05, 0) is 41.8 Å². The summed E-state index contributed by atoms with van der Waals surface area (Å²) in [6.45, 7) is 1.65. The second-order valence-corrected chi connectivity index (χ2v) is 4.38. The number of carboxylic acids is 1. The highest BCUT2D eigenvalue weighted by atomic mass is 19.4. The maximum Gasteiger partial charge on any atom is 0.417 e. The molecule has 0 atom stereocenters. The van der Waals surface area contributed by atoms with Crippen molar-refractivity contribution in [3.8, 4) is 11.1 Å². The second kappa shape index (κ2) is 5.00. The van der Waals surface area contributed by atoms with Gasteiger partial charge in [0.1, 0.15) is 0 Å². The van der Waals surface area contributed by atoms with E-state index in [1.165, 1.54) is 36.4 Å². The summed E-state index contributed by atoms with van der Waals surface area (Å²) in [7, 11) is 0. The number of aromatic carboxylic acids is 1. The molecule has 0 saturated heterocycles. The minimum absolute atomic E-state index is 0.0133. The van der Waals surface area contributed by atoms with E-state index in [-0.39, 0.29) is 16.7 Å². The molecule has 0 aliphatic carbocycles. The molecule has 2 rings (SSSR count). The summed E-state index contributed by atoms with van der Waals surface area (Å²) in [5.74, 6) is -1.17. The highest BCUT2D eigenvalue weighted by Crippen LogP contribution is 2.38. The van der Waals surface area contributed by atoms with Crippen LogP contribution in [-0.2, 0) is 6.18 Å². The normalized spacial score (nSPS) is 11.4. The summed E-state index contributed by atoms with van der Waals surface area (Å²) >= 11 is 0. The van der Waals surface area contributed by atoms with E-state index < -0.39 is 17.7 Å². The highest BCUT2D eigenvalue weighted by Gasteiger charge is 2.33. The van der Waals surface area contributed by atoms with Gasteiger partial charge in [0.2, 0.25) is 0 Å². The molecule has 0 amide bonds. The van der Waals surface area contributed by atoms with Gasteiger partial charge in [0.05, 0.1) is 11.1 Å². The van der Waals surface area contributed by atoms with Crippen LogP contribution in [-0.4, -0.2) is 11.1 Å². The van der Waals surface area contributed by atoms with E-state index in [1.54, 1.807) is 6.92 Å². The largest absolute Gasteiger partial charge is 0.478 e. The number of hydrogen-bond donors (Lipinski definition) is 1. The van der Waals surface area contributed by atoms with Crippen molar-refractivity contribution in [2.45, 2.75) is 13.1 Å². The molecule has 0 aliphatic heterocycles. The first-order valence-corrected chi connectivity index (χ1v) is 5.81. The van der Waals surface area contributed by atoms with Crippen molar-refractivity contribution in [3.05, 3.63) is 59.2 Å². The van der Waals surface area contributed by atoms with Gasteiger partial charge in [-0.15, -0.1) is 0 Å². The molecule has 1 N–H and O–H groups in total. The van der Waals surface area contributed by atoms with E-state index in [0.29, 0.717) is 5.56 Å². The fourth-order valence-electron chi connectivity index (χ4n) is 2.01. The monoisotopic (exact) mass is 280 g/mol. The summed E-state index contributed by atoms with van der Waals surface area (Å²) in [6, 6.07) is 9.28. The van der Waals surface area contributed by atoms with Crippen LogP contribution < -0.4 is 0 Å². The Bertz CT molecular complexity index is 660. The van der Waals surface area contributed by atoms with Crippen molar-refractivity contribution in [1.29, 1.82) is 0 Å².